The molecule has 1 amide bonds. The highest BCUT2D eigenvalue weighted by Crippen LogP contribution is 2.20. The molecule has 0 radical (unpaired) electrons. The molecule has 1 atom stereocenters. The molecule has 0 spiro atoms. The number of carbonyl (C=O) groups is 1. The average molecular weight is 334 g/mol. The van der Waals surface area contributed by atoms with Gasteiger partial charge in [-0.1, -0.05) is 48.5 Å². The largest absolute Gasteiger partial charge is 0.387 e. The molecule has 0 unspecified atom stereocenters. The summed E-state index contributed by atoms with van der Waals surface area (Å²) in [6, 6.07) is 21.1. The number of anilines is 1. The summed E-state index contributed by atoms with van der Waals surface area (Å²) in [5, 5.41) is 15.1. The van der Waals surface area contributed by atoms with Crippen LogP contribution in [0.2, 0.25) is 0 Å². The molecule has 0 heterocycles. The fourth-order valence-corrected chi connectivity index (χ4v) is 2.82. The number of aliphatic hydroxyl groups excluding tert-OH is 1. The molecule has 3 aromatic rings. The lowest BCUT2D eigenvalue weighted by molar-refractivity contribution is 0.0918. The van der Waals surface area contributed by atoms with Crippen molar-refractivity contribution in [1.82, 2.24) is 5.32 Å². The molecule has 2 N–H and O–H groups in total. The van der Waals surface area contributed by atoms with E-state index < -0.39 is 6.10 Å². The third-order valence-corrected chi connectivity index (χ3v) is 4.28. The van der Waals surface area contributed by atoms with Gasteiger partial charge in [-0.3, -0.25) is 4.79 Å². The van der Waals surface area contributed by atoms with Crippen molar-refractivity contribution in [1.29, 1.82) is 0 Å². The quantitative estimate of drug-likeness (QED) is 0.752. The van der Waals surface area contributed by atoms with Crippen molar-refractivity contribution in [3.63, 3.8) is 0 Å². The summed E-state index contributed by atoms with van der Waals surface area (Å²) < 4.78 is 0. The molecular weight excluding hydrogens is 312 g/mol. The summed E-state index contributed by atoms with van der Waals surface area (Å²) in [4.78, 5) is 14.5. The Morgan fingerprint density at radius 2 is 1.68 bits per heavy atom. The first-order valence-corrected chi connectivity index (χ1v) is 8.27. The van der Waals surface area contributed by atoms with Gasteiger partial charge in [0.2, 0.25) is 0 Å². The SMILES string of the molecule is CN(C)c1ccc([C@@H](O)CNC(=O)c2cccc3ccccc23)cc1. The molecule has 0 fully saturated rings. The molecule has 0 aliphatic carbocycles. The first-order valence-electron chi connectivity index (χ1n) is 8.27. The second-order valence-electron chi connectivity index (χ2n) is 6.24. The number of rotatable bonds is 5. The monoisotopic (exact) mass is 334 g/mol. The summed E-state index contributed by atoms with van der Waals surface area (Å²) >= 11 is 0. The number of nitrogens with one attached hydrogen (secondary N) is 1. The van der Waals surface area contributed by atoms with Crippen molar-refractivity contribution in [3.05, 3.63) is 77.9 Å². The number of aliphatic hydroxyl groups is 1. The van der Waals surface area contributed by atoms with E-state index in [2.05, 4.69) is 5.32 Å². The van der Waals surface area contributed by atoms with Gasteiger partial charge in [0.1, 0.15) is 0 Å². The Morgan fingerprint density at radius 3 is 2.40 bits per heavy atom. The molecule has 0 aromatic heterocycles. The van der Waals surface area contributed by atoms with Crippen molar-refractivity contribution >= 4 is 22.4 Å². The normalized spacial score (nSPS) is 12.0. The minimum atomic E-state index is -0.741. The van der Waals surface area contributed by atoms with E-state index in [1.165, 1.54) is 0 Å². The molecular formula is C21H22N2O2. The minimum Gasteiger partial charge on any atom is -0.387 e. The van der Waals surface area contributed by atoms with Crippen molar-refractivity contribution < 1.29 is 9.90 Å². The Balaban J connectivity index is 1.69. The van der Waals surface area contributed by atoms with Crippen molar-refractivity contribution in [2.24, 2.45) is 0 Å². The maximum absolute atomic E-state index is 12.5. The Morgan fingerprint density at radius 1 is 1.00 bits per heavy atom. The van der Waals surface area contributed by atoms with E-state index in [0.29, 0.717) is 5.56 Å². The molecule has 3 aromatic carbocycles. The third-order valence-electron chi connectivity index (χ3n) is 4.28. The van der Waals surface area contributed by atoms with Crippen LogP contribution >= 0.6 is 0 Å². The van der Waals surface area contributed by atoms with E-state index in [-0.39, 0.29) is 12.5 Å². The highest BCUT2D eigenvalue weighted by Gasteiger charge is 2.13. The van der Waals surface area contributed by atoms with Gasteiger partial charge >= 0.3 is 0 Å². The molecule has 4 nitrogen and oxygen atoms in total. The molecule has 25 heavy (non-hydrogen) atoms. The van der Waals surface area contributed by atoms with E-state index in [0.717, 1.165) is 22.0 Å². The van der Waals surface area contributed by atoms with Crippen LogP contribution in [-0.4, -0.2) is 31.7 Å². The zero-order valence-electron chi connectivity index (χ0n) is 14.4. The summed E-state index contributed by atoms with van der Waals surface area (Å²) in [6.07, 6.45) is -0.741. The predicted molar refractivity (Wildman–Crippen MR) is 102 cm³/mol. The predicted octanol–water partition coefficient (Wildman–Crippen LogP) is 3.37. The van der Waals surface area contributed by atoms with Gasteiger partial charge in [-0.25, -0.2) is 0 Å². The first-order chi connectivity index (χ1) is 12.1. The average Bonchev–Trinajstić information content (AvgIpc) is 2.65. The summed E-state index contributed by atoms with van der Waals surface area (Å²) in [6.45, 7) is 0.170. The van der Waals surface area contributed by atoms with Gasteiger partial charge in [0, 0.05) is 31.9 Å². The van der Waals surface area contributed by atoms with E-state index in [1.807, 2.05) is 79.7 Å². The molecule has 0 aliphatic heterocycles. The Labute approximate surface area is 147 Å². The minimum absolute atomic E-state index is 0.170. The van der Waals surface area contributed by atoms with Crippen LogP contribution in [0, 0.1) is 0 Å². The van der Waals surface area contributed by atoms with Crippen LogP contribution in [-0.2, 0) is 0 Å². The fourth-order valence-electron chi connectivity index (χ4n) is 2.82. The number of benzene rings is 3. The molecule has 128 valence electrons. The number of amides is 1. The van der Waals surface area contributed by atoms with Crippen molar-refractivity contribution in [3.8, 4) is 0 Å². The van der Waals surface area contributed by atoms with E-state index in [4.69, 9.17) is 0 Å². The zero-order valence-corrected chi connectivity index (χ0v) is 14.4. The lowest BCUT2D eigenvalue weighted by Crippen LogP contribution is -2.28. The maximum Gasteiger partial charge on any atom is 0.252 e. The highest BCUT2D eigenvalue weighted by molar-refractivity contribution is 6.07. The second kappa shape index (κ2) is 7.36. The molecule has 0 aliphatic rings. The van der Waals surface area contributed by atoms with Gasteiger partial charge in [-0.2, -0.15) is 0 Å². The fraction of sp³-hybridized carbons (Fsp3) is 0.190. The van der Waals surface area contributed by atoms with E-state index >= 15 is 0 Å². The van der Waals surface area contributed by atoms with Crippen LogP contribution in [0.4, 0.5) is 5.69 Å². The first kappa shape index (κ1) is 17.0. The lowest BCUT2D eigenvalue weighted by atomic mass is 10.0. The number of nitrogens with zero attached hydrogens (tertiary/aromatic N) is 1. The summed E-state index contributed by atoms with van der Waals surface area (Å²) in [5.74, 6) is -0.180. The van der Waals surface area contributed by atoms with E-state index in [9.17, 15) is 9.90 Å². The summed E-state index contributed by atoms with van der Waals surface area (Å²) in [5.41, 5.74) is 2.47. The molecule has 0 bridgehead atoms. The highest BCUT2D eigenvalue weighted by atomic mass is 16.3. The van der Waals surface area contributed by atoms with E-state index in [1.54, 1.807) is 6.07 Å². The number of hydrogen-bond acceptors (Lipinski definition) is 3. The Hall–Kier alpha value is -2.85. The smallest absolute Gasteiger partial charge is 0.252 e. The molecule has 4 heteroatoms. The van der Waals surface area contributed by atoms with Gasteiger partial charge in [-0.15, -0.1) is 0 Å². The Bertz CT molecular complexity index is 867. The van der Waals surface area contributed by atoms with Gasteiger partial charge in [0.15, 0.2) is 0 Å². The molecule has 3 rings (SSSR count). The van der Waals surface area contributed by atoms with Gasteiger partial charge in [-0.05, 0) is 34.5 Å². The molecule has 0 saturated heterocycles. The van der Waals surface area contributed by atoms with Gasteiger partial charge in [0.25, 0.3) is 5.91 Å². The molecule has 0 saturated carbocycles. The van der Waals surface area contributed by atoms with Gasteiger partial charge < -0.3 is 15.3 Å². The Kier molecular flexibility index (Phi) is 5.00. The van der Waals surface area contributed by atoms with Crippen LogP contribution in [0.15, 0.2) is 66.7 Å². The topological polar surface area (TPSA) is 52.6 Å². The van der Waals surface area contributed by atoms with Crippen molar-refractivity contribution in [2.75, 3.05) is 25.5 Å². The summed E-state index contributed by atoms with van der Waals surface area (Å²) in [7, 11) is 3.94. The number of hydrogen-bond donors (Lipinski definition) is 2. The van der Waals surface area contributed by atoms with Crippen LogP contribution in [0.5, 0.6) is 0 Å². The standard InChI is InChI=1S/C21H22N2O2/c1-23(2)17-12-10-16(11-13-17)20(24)14-22-21(25)19-9-5-7-15-6-3-4-8-18(15)19/h3-13,20,24H,14H2,1-2H3,(H,22,25)/t20-/m0/s1. The third kappa shape index (κ3) is 3.80. The zero-order chi connectivity index (χ0) is 17.8. The second-order valence-corrected chi connectivity index (χ2v) is 6.24. The van der Waals surface area contributed by atoms with Crippen LogP contribution < -0.4 is 10.2 Å². The maximum atomic E-state index is 12.5. The van der Waals surface area contributed by atoms with Crippen LogP contribution in [0.3, 0.4) is 0 Å². The van der Waals surface area contributed by atoms with Crippen LogP contribution in [0.25, 0.3) is 10.8 Å². The van der Waals surface area contributed by atoms with Gasteiger partial charge in [0.05, 0.1) is 6.10 Å². The lowest BCUT2D eigenvalue weighted by Gasteiger charge is -2.16. The van der Waals surface area contributed by atoms with Crippen molar-refractivity contribution in [2.45, 2.75) is 6.10 Å². The number of carbonyl (C=O) groups excluding carboxylic acids is 1. The van der Waals surface area contributed by atoms with Crippen LogP contribution in [0.1, 0.15) is 22.0 Å². The number of fused-ring (bicyclic) bond motifs is 1.